The number of benzene rings is 2. The molecular formula is C30H33N5O7. The Morgan fingerprint density at radius 2 is 1.81 bits per heavy atom. The van der Waals surface area contributed by atoms with Gasteiger partial charge in [0.25, 0.3) is 11.8 Å². The highest BCUT2D eigenvalue weighted by Crippen LogP contribution is 2.29. The number of hydrogen-bond donors (Lipinski definition) is 3. The predicted molar refractivity (Wildman–Crippen MR) is 155 cm³/mol. The van der Waals surface area contributed by atoms with Gasteiger partial charge in [-0.3, -0.25) is 19.4 Å². The van der Waals surface area contributed by atoms with Crippen molar-refractivity contribution >= 4 is 35.3 Å². The summed E-state index contributed by atoms with van der Waals surface area (Å²) in [6.07, 6.45) is 3.00. The Hall–Kier alpha value is -5.13. The molecule has 2 heterocycles. The van der Waals surface area contributed by atoms with Gasteiger partial charge in [0.15, 0.2) is 6.61 Å². The molecule has 0 bridgehead atoms. The minimum atomic E-state index is -1.08. The highest BCUT2D eigenvalue weighted by atomic mass is 16.5. The minimum absolute atomic E-state index is 0.225. The molecule has 3 amide bonds. The Labute approximate surface area is 243 Å². The molecule has 3 aromatic rings. The Kier molecular flexibility index (Phi) is 10.3. The van der Waals surface area contributed by atoms with Gasteiger partial charge in [0.1, 0.15) is 5.75 Å². The number of nitrogens with zero attached hydrogens (tertiary/aromatic N) is 3. The van der Waals surface area contributed by atoms with Crippen molar-refractivity contribution in [1.29, 1.82) is 0 Å². The number of amides is 3. The maximum absolute atomic E-state index is 13.3. The smallest absolute Gasteiger partial charge is 0.409 e. The van der Waals surface area contributed by atoms with Crippen LogP contribution < -0.4 is 20.3 Å². The van der Waals surface area contributed by atoms with Crippen LogP contribution in [0.25, 0.3) is 0 Å². The zero-order valence-electron chi connectivity index (χ0n) is 23.2. The van der Waals surface area contributed by atoms with Crippen LogP contribution >= 0.6 is 0 Å². The van der Waals surface area contributed by atoms with Gasteiger partial charge in [-0.05, 0) is 48.4 Å². The lowest BCUT2D eigenvalue weighted by Crippen LogP contribution is -2.35. The van der Waals surface area contributed by atoms with Crippen molar-refractivity contribution in [1.82, 2.24) is 15.2 Å². The van der Waals surface area contributed by atoms with Crippen LogP contribution in [0.4, 0.5) is 16.2 Å². The van der Waals surface area contributed by atoms with Gasteiger partial charge in [-0.1, -0.05) is 24.3 Å². The fraction of sp³-hybridized carbons (Fsp3) is 0.300. The van der Waals surface area contributed by atoms with E-state index in [1.165, 1.54) is 13.3 Å². The van der Waals surface area contributed by atoms with Crippen molar-refractivity contribution in [2.24, 2.45) is 0 Å². The summed E-state index contributed by atoms with van der Waals surface area (Å²) >= 11 is 0. The molecule has 1 saturated heterocycles. The third-order valence-electron chi connectivity index (χ3n) is 6.69. The number of nitrogens with one attached hydrogen (secondary N) is 2. The van der Waals surface area contributed by atoms with E-state index in [4.69, 9.17) is 9.47 Å². The Bertz CT molecular complexity index is 1390. The van der Waals surface area contributed by atoms with Gasteiger partial charge in [-0.25, -0.2) is 4.79 Å². The fourth-order valence-corrected chi connectivity index (χ4v) is 4.63. The molecule has 3 N–H and O–H groups in total. The fourth-order valence-electron chi connectivity index (χ4n) is 4.63. The standard InChI is InChI=1S/C30H33N5O7/c1-41-30(40)35-14-6-13-34(15-16-35)26-11-10-21(17-25(26)32-27(36)20-42-23-8-3-2-4-9-23)29(39)33-24(18-28(37)38)22-7-5-12-31-19-22/h2-5,7-12,17,19,24H,6,13-16,18,20H2,1H3,(H,32,36)(H,33,39)(H,37,38). The lowest BCUT2D eigenvalue weighted by molar-refractivity contribution is -0.137. The molecule has 42 heavy (non-hydrogen) atoms. The van der Waals surface area contributed by atoms with Crippen molar-refractivity contribution in [3.05, 3.63) is 84.2 Å². The van der Waals surface area contributed by atoms with Crippen molar-refractivity contribution in [2.75, 3.05) is 50.1 Å². The Morgan fingerprint density at radius 1 is 1.00 bits per heavy atom. The Balaban J connectivity index is 1.57. The molecule has 220 valence electrons. The summed E-state index contributed by atoms with van der Waals surface area (Å²) in [5, 5.41) is 15.0. The number of aliphatic carboxylic acids is 1. The highest BCUT2D eigenvalue weighted by molar-refractivity contribution is 6.00. The number of anilines is 2. The van der Waals surface area contributed by atoms with Crippen LogP contribution in [0.1, 0.15) is 34.8 Å². The SMILES string of the molecule is COC(=O)N1CCCN(c2ccc(C(=O)NC(CC(=O)O)c3cccnc3)cc2NC(=O)COc2ccccc2)CC1. The second-order valence-corrected chi connectivity index (χ2v) is 9.59. The first-order chi connectivity index (χ1) is 20.3. The average molecular weight is 576 g/mol. The normalized spacial score (nSPS) is 13.8. The largest absolute Gasteiger partial charge is 0.484 e. The molecule has 0 aliphatic carbocycles. The molecule has 1 atom stereocenters. The monoisotopic (exact) mass is 575 g/mol. The molecule has 0 saturated carbocycles. The first-order valence-electron chi connectivity index (χ1n) is 13.5. The first kappa shape index (κ1) is 29.8. The number of aromatic nitrogens is 1. The molecule has 12 heteroatoms. The molecule has 0 spiro atoms. The molecule has 12 nitrogen and oxygen atoms in total. The number of carboxylic acids is 1. The number of rotatable bonds is 10. The van der Waals surface area contributed by atoms with Crippen LogP contribution in [0.15, 0.2) is 73.1 Å². The number of methoxy groups -OCH3 is 1. The molecule has 4 rings (SSSR count). The van der Waals surface area contributed by atoms with E-state index >= 15 is 0 Å². The molecule has 1 aromatic heterocycles. The average Bonchev–Trinajstić information content (AvgIpc) is 3.26. The summed E-state index contributed by atoms with van der Waals surface area (Å²) < 4.78 is 10.5. The highest BCUT2D eigenvalue weighted by Gasteiger charge is 2.24. The van der Waals surface area contributed by atoms with Crippen LogP contribution in [0.2, 0.25) is 0 Å². The summed E-state index contributed by atoms with van der Waals surface area (Å²) in [5.41, 5.74) is 1.83. The van der Waals surface area contributed by atoms with Gasteiger partial charge in [0.2, 0.25) is 0 Å². The van der Waals surface area contributed by atoms with Crippen molar-refractivity contribution < 1.29 is 33.8 Å². The van der Waals surface area contributed by atoms with Crippen LogP contribution in [0, 0.1) is 0 Å². The van der Waals surface area contributed by atoms with Gasteiger partial charge >= 0.3 is 12.1 Å². The van der Waals surface area contributed by atoms with Gasteiger partial charge < -0.3 is 35.0 Å². The number of carbonyl (C=O) groups is 4. The topological polar surface area (TPSA) is 150 Å². The zero-order valence-corrected chi connectivity index (χ0v) is 23.2. The van der Waals surface area contributed by atoms with Gasteiger partial charge in [0.05, 0.1) is 30.9 Å². The third kappa shape index (κ3) is 8.19. The number of carboxylic acid groups (broad SMARTS) is 1. The number of carbonyl (C=O) groups excluding carboxylic acids is 3. The van der Waals surface area contributed by atoms with E-state index in [2.05, 4.69) is 15.6 Å². The second kappa shape index (κ2) is 14.5. The van der Waals surface area contributed by atoms with E-state index < -0.39 is 29.9 Å². The quantitative estimate of drug-likeness (QED) is 0.331. The van der Waals surface area contributed by atoms with E-state index in [9.17, 15) is 24.3 Å². The third-order valence-corrected chi connectivity index (χ3v) is 6.69. The first-order valence-corrected chi connectivity index (χ1v) is 13.5. The van der Waals surface area contributed by atoms with E-state index in [-0.39, 0.29) is 18.6 Å². The summed E-state index contributed by atoms with van der Waals surface area (Å²) in [6.45, 7) is 1.77. The van der Waals surface area contributed by atoms with E-state index in [0.717, 1.165) is 0 Å². The summed E-state index contributed by atoms with van der Waals surface area (Å²) in [4.78, 5) is 57.5. The summed E-state index contributed by atoms with van der Waals surface area (Å²) in [7, 11) is 1.34. The minimum Gasteiger partial charge on any atom is -0.484 e. The molecule has 1 aliphatic heterocycles. The van der Waals surface area contributed by atoms with Crippen molar-refractivity contribution in [3.8, 4) is 5.75 Å². The van der Waals surface area contributed by atoms with Gasteiger partial charge in [0, 0.05) is 44.1 Å². The van der Waals surface area contributed by atoms with Gasteiger partial charge in [-0.15, -0.1) is 0 Å². The van der Waals surface area contributed by atoms with Crippen molar-refractivity contribution in [2.45, 2.75) is 18.9 Å². The van der Waals surface area contributed by atoms with Gasteiger partial charge in [-0.2, -0.15) is 0 Å². The van der Waals surface area contributed by atoms with Crippen molar-refractivity contribution in [3.63, 3.8) is 0 Å². The van der Waals surface area contributed by atoms with Crippen LogP contribution in [0.3, 0.4) is 0 Å². The van der Waals surface area contributed by atoms with E-state index in [0.29, 0.717) is 55.3 Å². The number of ether oxygens (including phenoxy) is 2. The molecule has 2 aromatic carbocycles. The maximum atomic E-state index is 13.3. The molecular weight excluding hydrogens is 542 g/mol. The van der Waals surface area contributed by atoms with Crippen LogP contribution in [-0.2, 0) is 14.3 Å². The van der Waals surface area contributed by atoms with Crippen LogP contribution in [0.5, 0.6) is 5.75 Å². The second-order valence-electron chi connectivity index (χ2n) is 9.59. The molecule has 1 unspecified atom stereocenters. The van der Waals surface area contributed by atoms with E-state index in [1.807, 2.05) is 11.0 Å². The Morgan fingerprint density at radius 3 is 2.52 bits per heavy atom. The summed E-state index contributed by atoms with van der Waals surface area (Å²) in [5.74, 6) is -1.48. The lowest BCUT2D eigenvalue weighted by atomic mass is 10.0. The lowest BCUT2D eigenvalue weighted by Gasteiger charge is -2.26. The molecule has 0 radical (unpaired) electrons. The maximum Gasteiger partial charge on any atom is 0.409 e. The molecule has 1 aliphatic rings. The van der Waals surface area contributed by atoms with Crippen LogP contribution in [-0.4, -0.2) is 78.8 Å². The molecule has 1 fully saturated rings. The summed E-state index contributed by atoms with van der Waals surface area (Å²) in [6, 6.07) is 16.4. The number of para-hydroxylation sites is 1. The zero-order chi connectivity index (χ0) is 29.9. The number of pyridine rings is 1. The van der Waals surface area contributed by atoms with E-state index in [1.54, 1.807) is 65.7 Å². The number of hydrogen-bond acceptors (Lipinski definition) is 8. The predicted octanol–water partition coefficient (Wildman–Crippen LogP) is 3.32.